The van der Waals surface area contributed by atoms with Crippen molar-refractivity contribution in [1.82, 2.24) is 0 Å². The molecule has 1 aliphatic rings. The quantitative estimate of drug-likeness (QED) is 0.835. The summed E-state index contributed by atoms with van der Waals surface area (Å²) in [6.07, 6.45) is 3.35. The van der Waals surface area contributed by atoms with E-state index in [-0.39, 0.29) is 5.82 Å². The molecule has 0 unspecified atom stereocenters. The molecule has 0 atom stereocenters. The average Bonchev–Trinajstić information content (AvgIpc) is 2.56. The SMILES string of the molecule is COc1ccc(N2CCC(Cc3ccccc3)CC2)c(F)c1. The average molecular weight is 299 g/mol. The third-order valence-corrected chi connectivity index (χ3v) is 4.48. The number of benzene rings is 2. The van der Waals surface area contributed by atoms with Crippen molar-refractivity contribution < 1.29 is 9.13 Å². The number of rotatable bonds is 4. The summed E-state index contributed by atoms with van der Waals surface area (Å²) in [5.74, 6) is 1.07. The van der Waals surface area contributed by atoms with Gasteiger partial charge in [0.05, 0.1) is 12.8 Å². The van der Waals surface area contributed by atoms with Gasteiger partial charge in [0.2, 0.25) is 0 Å². The number of hydrogen-bond donors (Lipinski definition) is 0. The van der Waals surface area contributed by atoms with E-state index in [1.54, 1.807) is 7.11 Å². The van der Waals surface area contributed by atoms with Crippen LogP contribution in [0.25, 0.3) is 0 Å². The molecule has 0 aromatic heterocycles. The van der Waals surface area contributed by atoms with E-state index in [0.29, 0.717) is 17.4 Å². The zero-order chi connectivity index (χ0) is 15.4. The largest absolute Gasteiger partial charge is 0.497 e. The second-order valence-electron chi connectivity index (χ2n) is 5.94. The lowest BCUT2D eigenvalue weighted by Gasteiger charge is -2.34. The number of ether oxygens (including phenoxy) is 1. The Morgan fingerprint density at radius 1 is 1.09 bits per heavy atom. The number of anilines is 1. The maximum atomic E-state index is 14.1. The second kappa shape index (κ2) is 6.82. The Hall–Kier alpha value is -2.03. The highest BCUT2D eigenvalue weighted by molar-refractivity contribution is 5.51. The molecule has 0 amide bonds. The van der Waals surface area contributed by atoms with E-state index in [9.17, 15) is 4.39 Å². The third-order valence-electron chi connectivity index (χ3n) is 4.48. The van der Waals surface area contributed by atoms with Crippen molar-refractivity contribution in [2.75, 3.05) is 25.1 Å². The van der Waals surface area contributed by atoms with Gasteiger partial charge in [0.15, 0.2) is 0 Å². The molecule has 0 aliphatic carbocycles. The fourth-order valence-electron chi connectivity index (χ4n) is 3.20. The molecule has 3 heteroatoms. The lowest BCUT2D eigenvalue weighted by atomic mass is 9.90. The van der Waals surface area contributed by atoms with Crippen molar-refractivity contribution in [3.63, 3.8) is 0 Å². The van der Waals surface area contributed by atoms with Gasteiger partial charge in [-0.25, -0.2) is 4.39 Å². The lowest BCUT2D eigenvalue weighted by molar-refractivity contribution is 0.398. The minimum atomic E-state index is -0.194. The van der Waals surface area contributed by atoms with Crippen LogP contribution >= 0.6 is 0 Å². The minimum Gasteiger partial charge on any atom is -0.497 e. The Balaban J connectivity index is 1.60. The van der Waals surface area contributed by atoms with Gasteiger partial charge in [-0.2, -0.15) is 0 Å². The Kier molecular flexibility index (Phi) is 4.62. The van der Waals surface area contributed by atoms with Crippen molar-refractivity contribution in [1.29, 1.82) is 0 Å². The van der Waals surface area contributed by atoms with Gasteiger partial charge < -0.3 is 9.64 Å². The summed E-state index contributed by atoms with van der Waals surface area (Å²) in [6.45, 7) is 1.83. The zero-order valence-corrected chi connectivity index (χ0v) is 13.0. The van der Waals surface area contributed by atoms with Gasteiger partial charge in [0.1, 0.15) is 11.6 Å². The van der Waals surface area contributed by atoms with E-state index in [1.807, 2.05) is 12.1 Å². The van der Waals surface area contributed by atoms with Crippen molar-refractivity contribution in [2.24, 2.45) is 5.92 Å². The second-order valence-corrected chi connectivity index (χ2v) is 5.94. The Morgan fingerprint density at radius 2 is 1.82 bits per heavy atom. The van der Waals surface area contributed by atoms with Crippen LogP contribution in [0.5, 0.6) is 5.75 Å². The van der Waals surface area contributed by atoms with Crippen LogP contribution in [0, 0.1) is 11.7 Å². The van der Waals surface area contributed by atoms with Crippen molar-refractivity contribution in [2.45, 2.75) is 19.3 Å². The smallest absolute Gasteiger partial charge is 0.150 e. The van der Waals surface area contributed by atoms with Gasteiger partial charge in [-0.15, -0.1) is 0 Å². The fraction of sp³-hybridized carbons (Fsp3) is 0.368. The molecule has 1 saturated heterocycles. The van der Waals surface area contributed by atoms with E-state index >= 15 is 0 Å². The van der Waals surface area contributed by atoms with Crippen LogP contribution in [0.2, 0.25) is 0 Å². The molecule has 3 rings (SSSR count). The van der Waals surface area contributed by atoms with E-state index in [4.69, 9.17) is 4.74 Å². The van der Waals surface area contributed by atoms with E-state index in [0.717, 1.165) is 32.4 Å². The minimum absolute atomic E-state index is 0.194. The first-order valence-electron chi connectivity index (χ1n) is 7.88. The summed E-state index contributed by atoms with van der Waals surface area (Å²) in [6, 6.07) is 15.7. The monoisotopic (exact) mass is 299 g/mol. The molecule has 0 saturated carbocycles. The van der Waals surface area contributed by atoms with Crippen LogP contribution in [-0.4, -0.2) is 20.2 Å². The summed E-state index contributed by atoms with van der Waals surface area (Å²) in [5, 5.41) is 0. The fourth-order valence-corrected chi connectivity index (χ4v) is 3.20. The first-order chi connectivity index (χ1) is 10.8. The van der Waals surface area contributed by atoms with Crippen LogP contribution in [0.1, 0.15) is 18.4 Å². The predicted octanol–water partition coefficient (Wildman–Crippen LogP) is 4.29. The molecule has 22 heavy (non-hydrogen) atoms. The molecule has 2 nitrogen and oxygen atoms in total. The molecular weight excluding hydrogens is 277 g/mol. The molecule has 116 valence electrons. The van der Waals surface area contributed by atoms with E-state index in [1.165, 1.54) is 11.6 Å². The standard InChI is InChI=1S/C19H22FNO/c1-22-17-7-8-19(18(20)14-17)21-11-9-16(10-12-21)13-15-5-3-2-4-6-15/h2-8,14,16H,9-13H2,1H3. The molecule has 1 heterocycles. The van der Waals surface area contributed by atoms with Crippen molar-refractivity contribution >= 4 is 5.69 Å². The number of piperidine rings is 1. The highest BCUT2D eigenvalue weighted by Crippen LogP contribution is 2.29. The number of halogens is 1. The highest BCUT2D eigenvalue weighted by atomic mass is 19.1. The first-order valence-corrected chi connectivity index (χ1v) is 7.88. The number of methoxy groups -OCH3 is 1. The summed E-state index contributed by atoms with van der Waals surface area (Å²) < 4.78 is 19.2. The van der Waals surface area contributed by atoms with Crippen LogP contribution < -0.4 is 9.64 Å². The van der Waals surface area contributed by atoms with Crippen molar-refractivity contribution in [3.05, 3.63) is 59.9 Å². The lowest BCUT2D eigenvalue weighted by Crippen LogP contribution is -2.34. The van der Waals surface area contributed by atoms with Crippen LogP contribution in [0.4, 0.5) is 10.1 Å². The number of nitrogens with zero attached hydrogens (tertiary/aromatic N) is 1. The van der Waals surface area contributed by atoms with E-state index in [2.05, 4.69) is 35.2 Å². The van der Waals surface area contributed by atoms with Crippen LogP contribution in [0.15, 0.2) is 48.5 Å². The van der Waals surface area contributed by atoms with Gasteiger partial charge in [-0.1, -0.05) is 30.3 Å². The van der Waals surface area contributed by atoms with Gasteiger partial charge in [0.25, 0.3) is 0 Å². The van der Waals surface area contributed by atoms with E-state index < -0.39 is 0 Å². The van der Waals surface area contributed by atoms with Crippen molar-refractivity contribution in [3.8, 4) is 5.75 Å². The molecule has 1 fully saturated rings. The maximum Gasteiger partial charge on any atom is 0.150 e. The summed E-state index contributed by atoms with van der Waals surface area (Å²) in [7, 11) is 1.56. The predicted molar refractivity (Wildman–Crippen MR) is 88.0 cm³/mol. The third kappa shape index (κ3) is 3.41. The Labute approximate surface area is 131 Å². The molecule has 0 bridgehead atoms. The maximum absolute atomic E-state index is 14.1. The molecule has 2 aromatic rings. The van der Waals surface area contributed by atoms with Crippen LogP contribution in [0.3, 0.4) is 0 Å². The number of hydrogen-bond acceptors (Lipinski definition) is 2. The van der Waals surface area contributed by atoms with Gasteiger partial charge in [-0.3, -0.25) is 0 Å². The summed E-state index contributed by atoms with van der Waals surface area (Å²) in [5.41, 5.74) is 2.09. The van der Waals surface area contributed by atoms with Gasteiger partial charge >= 0.3 is 0 Å². The van der Waals surface area contributed by atoms with Gasteiger partial charge in [0, 0.05) is 19.2 Å². The molecular formula is C19H22FNO. The Bertz CT molecular complexity index is 606. The molecule has 2 aromatic carbocycles. The molecule has 0 spiro atoms. The van der Waals surface area contributed by atoms with Gasteiger partial charge in [-0.05, 0) is 42.9 Å². The molecule has 0 N–H and O–H groups in total. The molecule has 0 radical (unpaired) electrons. The normalized spacial score (nSPS) is 15.8. The highest BCUT2D eigenvalue weighted by Gasteiger charge is 2.21. The summed E-state index contributed by atoms with van der Waals surface area (Å²) in [4.78, 5) is 2.15. The summed E-state index contributed by atoms with van der Waals surface area (Å²) >= 11 is 0. The molecule has 1 aliphatic heterocycles. The Morgan fingerprint density at radius 3 is 2.45 bits per heavy atom. The zero-order valence-electron chi connectivity index (χ0n) is 13.0. The topological polar surface area (TPSA) is 12.5 Å². The first kappa shape index (κ1) is 14.9. The van der Waals surface area contributed by atoms with Crippen LogP contribution in [-0.2, 0) is 6.42 Å².